The van der Waals surface area contributed by atoms with Crippen LogP contribution < -0.4 is 14.4 Å². The molecule has 0 aliphatic carbocycles. The number of sulfonamides is 1. The first kappa shape index (κ1) is 24.3. The van der Waals surface area contributed by atoms with E-state index in [-0.39, 0.29) is 10.8 Å². The van der Waals surface area contributed by atoms with E-state index in [0.717, 1.165) is 16.9 Å². The first-order chi connectivity index (χ1) is 15.7. The van der Waals surface area contributed by atoms with Crippen molar-refractivity contribution >= 4 is 21.6 Å². The molecule has 6 nitrogen and oxygen atoms in total. The maximum absolute atomic E-state index is 13.0. The van der Waals surface area contributed by atoms with E-state index in [1.165, 1.54) is 11.4 Å². The Kier molecular flexibility index (Phi) is 7.76. The number of hydrogen-bond donors (Lipinski definition) is 1. The summed E-state index contributed by atoms with van der Waals surface area (Å²) < 4.78 is 32.9. The summed E-state index contributed by atoms with van der Waals surface area (Å²) in [5.41, 5.74) is 2.88. The molecule has 1 N–H and O–H groups in total. The van der Waals surface area contributed by atoms with E-state index in [2.05, 4.69) is 19.2 Å². The molecular formula is C26H30N2O4S. The van der Waals surface area contributed by atoms with Crippen molar-refractivity contribution in [1.82, 2.24) is 5.32 Å². The van der Waals surface area contributed by atoms with Crippen LogP contribution in [-0.4, -0.2) is 34.5 Å². The Morgan fingerprint density at radius 2 is 1.70 bits per heavy atom. The summed E-state index contributed by atoms with van der Waals surface area (Å²) in [5.74, 6) is 0.858. The average molecular weight is 467 g/mol. The number of carbonyl (C=O) groups excluding carboxylic acids is 1. The number of benzene rings is 3. The van der Waals surface area contributed by atoms with E-state index in [0.29, 0.717) is 30.3 Å². The summed E-state index contributed by atoms with van der Waals surface area (Å²) in [6, 6.07) is 21.1. The third-order valence-electron chi connectivity index (χ3n) is 5.34. The Labute approximate surface area is 196 Å². The standard InChI is InChI=1S/C26H30N2O4S/c1-19(2)24-10-5-6-11-25(24)32-17-16-27-26(29)21-8-7-9-22(18-21)28(4)33(30,31)23-14-12-20(3)13-15-23/h5-15,18-19H,16-17H2,1-4H3,(H,27,29). The number of para-hydroxylation sites is 1. The molecule has 0 unspecified atom stereocenters. The van der Waals surface area contributed by atoms with E-state index < -0.39 is 10.0 Å². The van der Waals surface area contributed by atoms with Crippen LogP contribution in [0, 0.1) is 6.92 Å². The zero-order valence-corrected chi connectivity index (χ0v) is 20.2. The molecule has 0 aromatic heterocycles. The monoisotopic (exact) mass is 466 g/mol. The molecule has 0 atom stereocenters. The van der Waals surface area contributed by atoms with Gasteiger partial charge in [-0.25, -0.2) is 8.42 Å². The molecule has 1 amide bonds. The molecule has 0 fully saturated rings. The first-order valence-electron chi connectivity index (χ1n) is 10.9. The molecule has 0 aliphatic rings. The molecule has 3 rings (SSSR count). The highest BCUT2D eigenvalue weighted by Crippen LogP contribution is 2.26. The molecule has 3 aromatic rings. The van der Waals surface area contributed by atoms with Gasteiger partial charge in [0.1, 0.15) is 12.4 Å². The van der Waals surface area contributed by atoms with Crippen molar-refractivity contribution in [3.05, 3.63) is 89.5 Å². The van der Waals surface area contributed by atoms with Gasteiger partial charge in [-0.05, 0) is 54.8 Å². The minimum atomic E-state index is -3.73. The molecule has 0 bridgehead atoms. The van der Waals surface area contributed by atoms with Crippen LogP contribution in [-0.2, 0) is 10.0 Å². The van der Waals surface area contributed by atoms with Gasteiger partial charge in [0, 0.05) is 12.6 Å². The smallest absolute Gasteiger partial charge is 0.264 e. The minimum absolute atomic E-state index is 0.198. The van der Waals surface area contributed by atoms with E-state index in [1.54, 1.807) is 48.5 Å². The highest BCUT2D eigenvalue weighted by molar-refractivity contribution is 7.92. The van der Waals surface area contributed by atoms with E-state index in [9.17, 15) is 13.2 Å². The lowest BCUT2D eigenvalue weighted by atomic mass is 10.0. The van der Waals surface area contributed by atoms with Gasteiger partial charge in [-0.3, -0.25) is 9.10 Å². The predicted molar refractivity (Wildman–Crippen MR) is 132 cm³/mol. The van der Waals surface area contributed by atoms with Crippen LogP contribution in [0.5, 0.6) is 5.75 Å². The maximum atomic E-state index is 13.0. The van der Waals surface area contributed by atoms with Gasteiger partial charge in [0.2, 0.25) is 0 Å². The van der Waals surface area contributed by atoms with Gasteiger partial charge < -0.3 is 10.1 Å². The van der Waals surface area contributed by atoms with Crippen molar-refractivity contribution in [2.75, 3.05) is 24.5 Å². The van der Waals surface area contributed by atoms with Gasteiger partial charge in [0.05, 0.1) is 17.1 Å². The summed E-state index contributed by atoms with van der Waals surface area (Å²) in [5, 5.41) is 2.83. The van der Waals surface area contributed by atoms with Crippen LogP contribution in [0.2, 0.25) is 0 Å². The number of nitrogens with zero attached hydrogens (tertiary/aromatic N) is 1. The van der Waals surface area contributed by atoms with E-state index >= 15 is 0 Å². The lowest BCUT2D eigenvalue weighted by molar-refractivity contribution is 0.0947. The van der Waals surface area contributed by atoms with Crippen molar-refractivity contribution in [1.29, 1.82) is 0 Å². The number of anilines is 1. The highest BCUT2D eigenvalue weighted by Gasteiger charge is 2.22. The summed E-state index contributed by atoms with van der Waals surface area (Å²) in [7, 11) is -2.25. The van der Waals surface area contributed by atoms with Crippen molar-refractivity contribution in [3.63, 3.8) is 0 Å². The fourth-order valence-corrected chi connectivity index (χ4v) is 4.55. The Balaban J connectivity index is 1.63. The highest BCUT2D eigenvalue weighted by atomic mass is 32.2. The number of carbonyl (C=O) groups is 1. The molecule has 0 saturated heterocycles. The molecule has 0 saturated carbocycles. The molecular weight excluding hydrogens is 436 g/mol. The van der Waals surface area contributed by atoms with Gasteiger partial charge in [-0.15, -0.1) is 0 Å². The van der Waals surface area contributed by atoms with Crippen LogP contribution in [0.4, 0.5) is 5.69 Å². The van der Waals surface area contributed by atoms with Crippen LogP contribution in [0.1, 0.15) is 41.3 Å². The number of nitrogens with one attached hydrogen (secondary N) is 1. The first-order valence-corrected chi connectivity index (χ1v) is 12.3. The zero-order valence-electron chi connectivity index (χ0n) is 19.4. The topological polar surface area (TPSA) is 75.7 Å². The van der Waals surface area contributed by atoms with Crippen molar-refractivity contribution < 1.29 is 17.9 Å². The average Bonchev–Trinajstić information content (AvgIpc) is 2.81. The lowest BCUT2D eigenvalue weighted by Crippen LogP contribution is -2.29. The molecule has 33 heavy (non-hydrogen) atoms. The third kappa shape index (κ3) is 5.93. The second kappa shape index (κ2) is 10.5. The maximum Gasteiger partial charge on any atom is 0.264 e. The van der Waals surface area contributed by atoms with Gasteiger partial charge in [-0.2, -0.15) is 0 Å². The summed E-state index contributed by atoms with van der Waals surface area (Å²) in [6.07, 6.45) is 0. The molecule has 0 aliphatic heterocycles. The quantitative estimate of drug-likeness (QED) is 0.462. The summed E-state index contributed by atoms with van der Waals surface area (Å²) in [4.78, 5) is 12.8. The normalized spacial score (nSPS) is 11.3. The fraction of sp³-hybridized carbons (Fsp3) is 0.269. The summed E-state index contributed by atoms with van der Waals surface area (Å²) >= 11 is 0. The Morgan fingerprint density at radius 1 is 1.00 bits per heavy atom. The predicted octanol–water partition coefficient (Wildman–Crippen LogP) is 4.75. The Hall–Kier alpha value is -3.32. The molecule has 174 valence electrons. The van der Waals surface area contributed by atoms with Crippen LogP contribution in [0.15, 0.2) is 77.7 Å². The van der Waals surface area contributed by atoms with Crippen LogP contribution in [0.25, 0.3) is 0 Å². The van der Waals surface area contributed by atoms with Crippen LogP contribution >= 0.6 is 0 Å². The molecule has 0 spiro atoms. The Bertz CT molecular complexity index is 1200. The number of hydrogen-bond acceptors (Lipinski definition) is 4. The van der Waals surface area contributed by atoms with Gasteiger partial charge >= 0.3 is 0 Å². The second-order valence-electron chi connectivity index (χ2n) is 8.13. The lowest BCUT2D eigenvalue weighted by Gasteiger charge is -2.20. The van der Waals surface area contributed by atoms with Crippen molar-refractivity contribution in [2.45, 2.75) is 31.6 Å². The second-order valence-corrected chi connectivity index (χ2v) is 10.1. The Morgan fingerprint density at radius 3 is 2.39 bits per heavy atom. The van der Waals surface area contributed by atoms with Crippen molar-refractivity contribution in [3.8, 4) is 5.75 Å². The molecule has 7 heteroatoms. The molecule has 0 radical (unpaired) electrons. The molecule has 0 heterocycles. The van der Waals surface area contributed by atoms with Gasteiger partial charge in [0.25, 0.3) is 15.9 Å². The SMILES string of the molecule is Cc1ccc(S(=O)(=O)N(C)c2cccc(C(=O)NCCOc3ccccc3C(C)C)c2)cc1. The van der Waals surface area contributed by atoms with E-state index in [4.69, 9.17) is 4.74 Å². The molecule has 3 aromatic carbocycles. The fourth-order valence-electron chi connectivity index (χ4n) is 3.37. The number of amides is 1. The largest absolute Gasteiger partial charge is 0.491 e. The van der Waals surface area contributed by atoms with Gasteiger partial charge in [0.15, 0.2) is 0 Å². The minimum Gasteiger partial charge on any atom is -0.491 e. The summed E-state index contributed by atoms with van der Waals surface area (Å²) in [6.45, 7) is 6.76. The van der Waals surface area contributed by atoms with Crippen molar-refractivity contribution in [2.24, 2.45) is 0 Å². The van der Waals surface area contributed by atoms with Gasteiger partial charge in [-0.1, -0.05) is 55.8 Å². The number of rotatable bonds is 9. The zero-order chi connectivity index (χ0) is 24.0. The third-order valence-corrected chi connectivity index (χ3v) is 7.14. The number of ether oxygens (including phenoxy) is 1. The van der Waals surface area contributed by atoms with Crippen LogP contribution in [0.3, 0.4) is 0 Å². The number of aryl methyl sites for hydroxylation is 1. The van der Waals surface area contributed by atoms with E-state index in [1.807, 2.05) is 31.2 Å².